The first-order valence-corrected chi connectivity index (χ1v) is 32.7. The Labute approximate surface area is 486 Å². The smallest absolute Gasteiger partial charge is 0.119 e. The average molecular weight is 1060 g/mol. The van der Waals surface area contributed by atoms with Gasteiger partial charge in [-0.05, 0) is 151 Å². The molecular weight excluding hydrogens is 965 g/mol. The highest BCUT2D eigenvalue weighted by Gasteiger charge is 2.43. The molecule has 0 radical (unpaired) electrons. The SMILES string of the molecule is CCCCCCCCCCCCCCCCCCOc1ccc(/C=C2/c3cc(-c4ccccc4)ccc3-c3ccc(-c4ccc5c(c4)C(CCCCCCCC)(CCCCCCCC)c4cc(-c6ccccc6)ccc4-5)cc32)cc1. The zero-order valence-corrected chi connectivity index (χ0v) is 49.9. The van der Waals surface area contributed by atoms with E-state index in [1.165, 1.54) is 264 Å². The minimum Gasteiger partial charge on any atom is -0.494 e. The van der Waals surface area contributed by atoms with E-state index < -0.39 is 0 Å². The van der Waals surface area contributed by atoms with Gasteiger partial charge in [0.2, 0.25) is 0 Å². The van der Waals surface area contributed by atoms with Crippen LogP contribution in [0.25, 0.3) is 67.3 Å². The second-order valence-corrected chi connectivity index (χ2v) is 24.2. The van der Waals surface area contributed by atoms with Gasteiger partial charge in [0.05, 0.1) is 6.61 Å². The van der Waals surface area contributed by atoms with Crippen LogP contribution in [0.4, 0.5) is 0 Å². The van der Waals surface area contributed by atoms with Gasteiger partial charge in [-0.2, -0.15) is 0 Å². The van der Waals surface area contributed by atoms with Crippen molar-refractivity contribution in [1.82, 2.24) is 0 Å². The van der Waals surface area contributed by atoms with Crippen molar-refractivity contribution in [3.63, 3.8) is 0 Å². The van der Waals surface area contributed by atoms with Gasteiger partial charge in [0.1, 0.15) is 5.75 Å². The first-order valence-electron chi connectivity index (χ1n) is 32.7. The topological polar surface area (TPSA) is 9.23 Å². The standard InChI is InChI=1S/C79H98O/c1-4-7-10-13-16-17-18-19-20-21-22-23-24-25-28-37-56-80-69-48-42-62(43-49-69)57-74-75-58-65(63-38-31-29-32-39-63)44-50-70(75)71-51-45-66(59-76(71)74)68-47-53-73-72-52-46-67(64-40-33-30-34-41-64)60-77(72)79(78(73)61-68,54-35-26-14-11-8-5-2)55-36-27-15-12-9-6-3/h29-34,38-53,57-61H,4-28,35-37,54-56H2,1-3H3/b74-57-. The van der Waals surface area contributed by atoms with Gasteiger partial charge >= 0.3 is 0 Å². The summed E-state index contributed by atoms with van der Waals surface area (Å²) in [5.41, 5.74) is 21.5. The number of hydrogen-bond acceptors (Lipinski definition) is 1. The zero-order chi connectivity index (χ0) is 55.0. The molecule has 7 aromatic rings. The van der Waals surface area contributed by atoms with Gasteiger partial charge in [-0.15, -0.1) is 0 Å². The zero-order valence-electron chi connectivity index (χ0n) is 49.9. The summed E-state index contributed by atoms with van der Waals surface area (Å²) >= 11 is 0. The molecule has 2 aliphatic rings. The van der Waals surface area contributed by atoms with E-state index in [1.54, 1.807) is 11.1 Å². The lowest BCUT2D eigenvalue weighted by molar-refractivity contribution is 0.304. The maximum absolute atomic E-state index is 6.35. The molecule has 0 bridgehead atoms. The molecule has 420 valence electrons. The van der Waals surface area contributed by atoms with E-state index in [0.29, 0.717) is 0 Å². The van der Waals surface area contributed by atoms with Crippen molar-refractivity contribution in [2.75, 3.05) is 6.61 Å². The molecule has 0 saturated carbocycles. The third-order valence-corrected chi connectivity index (χ3v) is 18.2. The molecule has 9 rings (SSSR count). The lowest BCUT2D eigenvalue weighted by atomic mass is 9.70. The lowest BCUT2D eigenvalue weighted by Crippen LogP contribution is -2.25. The number of fused-ring (bicyclic) bond motifs is 6. The van der Waals surface area contributed by atoms with Crippen LogP contribution in [0.5, 0.6) is 5.75 Å². The molecule has 0 N–H and O–H groups in total. The first-order chi connectivity index (χ1) is 39.6. The number of benzene rings is 7. The molecule has 0 unspecified atom stereocenters. The predicted molar refractivity (Wildman–Crippen MR) is 349 cm³/mol. The summed E-state index contributed by atoms with van der Waals surface area (Å²) in [5, 5.41) is 0. The molecule has 0 aliphatic heterocycles. The van der Waals surface area contributed by atoms with Gasteiger partial charge in [0, 0.05) is 5.41 Å². The predicted octanol–water partition coefficient (Wildman–Crippen LogP) is 24.7. The van der Waals surface area contributed by atoms with Crippen LogP contribution in [-0.4, -0.2) is 6.61 Å². The van der Waals surface area contributed by atoms with Crippen molar-refractivity contribution in [1.29, 1.82) is 0 Å². The fourth-order valence-electron chi connectivity index (χ4n) is 13.5. The van der Waals surface area contributed by atoms with Crippen LogP contribution in [0.15, 0.2) is 158 Å². The molecular formula is C79H98O. The molecule has 0 fully saturated rings. The highest BCUT2D eigenvalue weighted by molar-refractivity contribution is 6.08. The minimum atomic E-state index is -0.0194. The third-order valence-electron chi connectivity index (χ3n) is 18.2. The van der Waals surface area contributed by atoms with Crippen molar-refractivity contribution in [3.8, 4) is 61.4 Å². The molecule has 0 spiro atoms. The highest BCUT2D eigenvalue weighted by Crippen LogP contribution is 2.56. The summed E-state index contributed by atoms with van der Waals surface area (Å²) in [6, 6.07) is 60.3. The summed E-state index contributed by atoms with van der Waals surface area (Å²) in [6.45, 7) is 7.75. The van der Waals surface area contributed by atoms with Crippen LogP contribution in [0.1, 0.15) is 241 Å². The number of rotatable bonds is 36. The molecule has 1 heteroatoms. The maximum Gasteiger partial charge on any atom is 0.119 e. The average Bonchev–Trinajstić information content (AvgIpc) is 4.00. The van der Waals surface area contributed by atoms with Crippen LogP contribution < -0.4 is 4.74 Å². The fraction of sp³-hybridized carbons (Fsp3) is 0.443. The van der Waals surface area contributed by atoms with Crippen LogP contribution in [0.3, 0.4) is 0 Å². The molecule has 0 saturated heterocycles. The molecule has 0 amide bonds. The quantitative estimate of drug-likeness (QED) is 0.0356. The monoisotopic (exact) mass is 1060 g/mol. The number of hydrogen-bond donors (Lipinski definition) is 0. The van der Waals surface area contributed by atoms with Gasteiger partial charge in [-0.3, -0.25) is 0 Å². The molecule has 0 aromatic heterocycles. The third kappa shape index (κ3) is 15.5. The molecule has 80 heavy (non-hydrogen) atoms. The molecule has 2 aliphatic carbocycles. The lowest BCUT2D eigenvalue weighted by Gasteiger charge is -2.33. The Morgan fingerprint density at radius 1 is 0.300 bits per heavy atom. The Balaban J connectivity index is 0.936. The van der Waals surface area contributed by atoms with Crippen LogP contribution in [-0.2, 0) is 5.41 Å². The molecule has 0 atom stereocenters. The van der Waals surface area contributed by atoms with E-state index >= 15 is 0 Å². The Hall–Kier alpha value is -5.92. The Morgan fingerprint density at radius 2 is 0.650 bits per heavy atom. The summed E-state index contributed by atoms with van der Waals surface area (Å²) in [7, 11) is 0. The van der Waals surface area contributed by atoms with Gasteiger partial charge in [0.15, 0.2) is 0 Å². The number of unbranched alkanes of at least 4 members (excludes halogenated alkanes) is 25. The van der Waals surface area contributed by atoms with Crippen molar-refractivity contribution in [2.24, 2.45) is 0 Å². The second kappa shape index (κ2) is 31.3. The fourth-order valence-corrected chi connectivity index (χ4v) is 13.5. The van der Waals surface area contributed by atoms with E-state index in [2.05, 4.69) is 185 Å². The van der Waals surface area contributed by atoms with Gasteiger partial charge < -0.3 is 4.74 Å². The largest absolute Gasteiger partial charge is 0.494 e. The van der Waals surface area contributed by atoms with Crippen LogP contribution in [0, 0.1) is 0 Å². The van der Waals surface area contributed by atoms with E-state index in [0.717, 1.165) is 18.8 Å². The number of ether oxygens (including phenoxy) is 1. The molecule has 1 nitrogen and oxygen atoms in total. The van der Waals surface area contributed by atoms with E-state index in [1.807, 2.05) is 0 Å². The Bertz CT molecular complexity index is 2960. The highest BCUT2D eigenvalue weighted by atomic mass is 16.5. The van der Waals surface area contributed by atoms with Crippen LogP contribution >= 0.6 is 0 Å². The molecule has 0 heterocycles. The second-order valence-electron chi connectivity index (χ2n) is 24.2. The van der Waals surface area contributed by atoms with E-state index in [-0.39, 0.29) is 5.41 Å². The first kappa shape index (κ1) is 58.7. The van der Waals surface area contributed by atoms with Crippen molar-refractivity contribution in [2.45, 2.75) is 219 Å². The summed E-state index contributed by atoms with van der Waals surface area (Å²) in [5.74, 6) is 0.966. The van der Waals surface area contributed by atoms with Crippen molar-refractivity contribution < 1.29 is 4.74 Å². The van der Waals surface area contributed by atoms with Crippen LogP contribution in [0.2, 0.25) is 0 Å². The summed E-state index contributed by atoms with van der Waals surface area (Å²) < 4.78 is 6.35. The van der Waals surface area contributed by atoms with E-state index in [9.17, 15) is 0 Å². The van der Waals surface area contributed by atoms with Crippen molar-refractivity contribution >= 4 is 11.6 Å². The van der Waals surface area contributed by atoms with Gasteiger partial charge in [-0.25, -0.2) is 0 Å². The summed E-state index contributed by atoms with van der Waals surface area (Å²) in [4.78, 5) is 0. The maximum atomic E-state index is 6.35. The Kier molecular flexibility index (Phi) is 23.0. The normalized spacial score (nSPS) is 13.4. The molecule has 7 aromatic carbocycles. The minimum absolute atomic E-state index is 0.0194. The van der Waals surface area contributed by atoms with E-state index in [4.69, 9.17) is 4.74 Å². The van der Waals surface area contributed by atoms with Crippen molar-refractivity contribution in [3.05, 3.63) is 186 Å². The Morgan fingerprint density at radius 3 is 1.07 bits per heavy atom. The van der Waals surface area contributed by atoms with Gasteiger partial charge in [0.25, 0.3) is 0 Å². The summed E-state index contributed by atoms with van der Waals surface area (Å²) in [6.07, 6.45) is 42.7. The van der Waals surface area contributed by atoms with Gasteiger partial charge in [-0.1, -0.05) is 315 Å².